The van der Waals surface area contributed by atoms with Gasteiger partial charge in [0.1, 0.15) is 6.61 Å². The number of carbonyl (C=O) groups is 1. The average molecular weight is 291 g/mol. The molecule has 0 radical (unpaired) electrons. The van der Waals surface area contributed by atoms with Crippen LogP contribution in [-0.4, -0.2) is 24.3 Å². The zero-order valence-corrected chi connectivity index (χ0v) is 10.6. The number of benzene rings is 1. The molecule has 1 aromatic carbocycles. The molecule has 0 aliphatic rings. The topological polar surface area (TPSA) is 38.3 Å². The molecule has 1 amide bonds. The SMILES string of the molecule is C=CCOC(=O)NC(Sc1ccccc1)C(F)(F)F. The summed E-state index contributed by atoms with van der Waals surface area (Å²) in [4.78, 5) is 11.6. The van der Waals surface area contributed by atoms with Gasteiger partial charge in [-0.05, 0) is 12.1 Å². The number of thioether (sulfide) groups is 1. The first kappa shape index (κ1) is 15.4. The van der Waals surface area contributed by atoms with Crippen LogP contribution in [0.5, 0.6) is 0 Å². The molecule has 1 aromatic rings. The number of rotatable bonds is 5. The van der Waals surface area contributed by atoms with E-state index in [4.69, 9.17) is 0 Å². The number of hydrogen-bond acceptors (Lipinski definition) is 3. The summed E-state index contributed by atoms with van der Waals surface area (Å²) in [5, 5.41) is -0.293. The van der Waals surface area contributed by atoms with E-state index in [9.17, 15) is 18.0 Å². The summed E-state index contributed by atoms with van der Waals surface area (Å²) in [7, 11) is 0. The minimum atomic E-state index is -4.58. The third-order valence-electron chi connectivity index (χ3n) is 1.88. The third-order valence-corrected chi connectivity index (χ3v) is 3.04. The summed E-state index contributed by atoms with van der Waals surface area (Å²) in [5.74, 6) is 0. The van der Waals surface area contributed by atoms with Crippen molar-refractivity contribution in [1.29, 1.82) is 0 Å². The molecule has 1 N–H and O–H groups in total. The highest BCUT2D eigenvalue weighted by Crippen LogP contribution is 2.33. The maximum absolute atomic E-state index is 12.8. The molecule has 1 rings (SSSR count). The molecule has 0 spiro atoms. The Balaban J connectivity index is 2.68. The fraction of sp³-hybridized carbons (Fsp3) is 0.250. The second kappa shape index (κ2) is 7.08. The highest BCUT2D eigenvalue weighted by atomic mass is 32.2. The summed E-state index contributed by atoms with van der Waals surface area (Å²) in [6.07, 6.45) is -4.44. The van der Waals surface area contributed by atoms with Crippen LogP contribution in [0.25, 0.3) is 0 Å². The van der Waals surface area contributed by atoms with Gasteiger partial charge in [-0.1, -0.05) is 42.6 Å². The minimum absolute atomic E-state index is 0.146. The number of alkyl halides is 3. The van der Waals surface area contributed by atoms with Crippen molar-refractivity contribution >= 4 is 17.9 Å². The van der Waals surface area contributed by atoms with Gasteiger partial charge in [0, 0.05) is 4.90 Å². The standard InChI is InChI=1S/C12H12F3NO2S/c1-2-8-18-11(17)16-10(12(13,14)15)19-9-6-4-3-5-7-9/h2-7,10H,1,8H2,(H,16,17). The summed E-state index contributed by atoms with van der Waals surface area (Å²) >= 11 is 0.495. The second-order valence-electron chi connectivity index (χ2n) is 3.38. The molecule has 0 aliphatic carbocycles. The number of halogens is 3. The van der Waals surface area contributed by atoms with Crippen LogP contribution in [0.4, 0.5) is 18.0 Å². The molecular weight excluding hydrogens is 279 g/mol. The van der Waals surface area contributed by atoms with Gasteiger partial charge in [0.25, 0.3) is 0 Å². The molecule has 7 heteroatoms. The Kier molecular flexibility index (Phi) is 5.75. The first-order valence-corrected chi connectivity index (χ1v) is 6.14. The lowest BCUT2D eigenvalue weighted by atomic mass is 10.4. The number of alkyl carbamates (subject to hydrolysis) is 1. The number of hydrogen-bond donors (Lipinski definition) is 1. The van der Waals surface area contributed by atoms with E-state index < -0.39 is 17.6 Å². The van der Waals surface area contributed by atoms with Gasteiger partial charge >= 0.3 is 12.3 Å². The van der Waals surface area contributed by atoms with Crippen molar-refractivity contribution in [2.75, 3.05) is 6.61 Å². The van der Waals surface area contributed by atoms with E-state index in [0.29, 0.717) is 16.7 Å². The van der Waals surface area contributed by atoms with Crippen LogP contribution in [0.15, 0.2) is 47.9 Å². The van der Waals surface area contributed by atoms with Gasteiger partial charge in [0.05, 0.1) is 0 Å². The van der Waals surface area contributed by atoms with Crippen molar-refractivity contribution in [2.45, 2.75) is 16.4 Å². The largest absolute Gasteiger partial charge is 0.445 e. The highest BCUT2D eigenvalue weighted by molar-refractivity contribution is 8.00. The summed E-state index contributed by atoms with van der Waals surface area (Å²) in [6.45, 7) is 3.15. The predicted molar refractivity (Wildman–Crippen MR) is 66.8 cm³/mol. The van der Waals surface area contributed by atoms with Crippen LogP contribution >= 0.6 is 11.8 Å². The van der Waals surface area contributed by atoms with E-state index in [-0.39, 0.29) is 6.61 Å². The van der Waals surface area contributed by atoms with Gasteiger partial charge in [-0.15, -0.1) is 0 Å². The first-order chi connectivity index (χ1) is 8.93. The lowest BCUT2D eigenvalue weighted by Crippen LogP contribution is -2.43. The molecular formula is C12H12F3NO2S. The van der Waals surface area contributed by atoms with Crippen LogP contribution in [0, 0.1) is 0 Å². The van der Waals surface area contributed by atoms with Gasteiger partial charge in [-0.25, -0.2) is 4.79 Å². The van der Waals surface area contributed by atoms with Gasteiger partial charge in [-0.3, -0.25) is 0 Å². The molecule has 1 unspecified atom stereocenters. The Morgan fingerprint density at radius 2 is 2.05 bits per heavy atom. The van der Waals surface area contributed by atoms with Gasteiger partial charge in [0.15, 0.2) is 5.37 Å². The van der Waals surface area contributed by atoms with Crippen LogP contribution < -0.4 is 5.32 Å². The molecule has 0 aromatic heterocycles. The monoisotopic (exact) mass is 291 g/mol. The molecule has 0 saturated carbocycles. The summed E-state index contributed by atoms with van der Waals surface area (Å²) < 4.78 is 42.8. The van der Waals surface area contributed by atoms with Crippen molar-refractivity contribution in [3.8, 4) is 0 Å². The quantitative estimate of drug-likeness (QED) is 0.512. The number of ether oxygens (including phenoxy) is 1. The molecule has 0 saturated heterocycles. The zero-order chi connectivity index (χ0) is 14.3. The van der Waals surface area contributed by atoms with Crippen molar-refractivity contribution < 1.29 is 22.7 Å². The molecule has 0 heterocycles. The van der Waals surface area contributed by atoms with Crippen molar-refractivity contribution in [1.82, 2.24) is 5.32 Å². The smallest absolute Gasteiger partial charge is 0.418 e. The van der Waals surface area contributed by atoms with Crippen LogP contribution in [0.2, 0.25) is 0 Å². The van der Waals surface area contributed by atoms with E-state index in [1.54, 1.807) is 23.5 Å². The maximum Gasteiger partial charge on any atom is 0.418 e. The van der Waals surface area contributed by atoms with Gasteiger partial charge in [-0.2, -0.15) is 13.2 Å². The summed E-state index contributed by atoms with van der Waals surface area (Å²) in [6, 6.07) is 7.98. The Morgan fingerprint density at radius 3 is 2.58 bits per heavy atom. The number of amides is 1. The van der Waals surface area contributed by atoms with Crippen LogP contribution in [-0.2, 0) is 4.74 Å². The van der Waals surface area contributed by atoms with Crippen LogP contribution in [0.3, 0.4) is 0 Å². The number of carbonyl (C=O) groups excluding carboxylic acids is 1. The first-order valence-electron chi connectivity index (χ1n) is 5.26. The minimum Gasteiger partial charge on any atom is -0.445 e. The Hall–Kier alpha value is -1.63. The Labute approximate surface area is 112 Å². The molecule has 0 fully saturated rings. The number of nitrogens with one attached hydrogen (secondary N) is 1. The Bertz CT molecular complexity index is 423. The van der Waals surface area contributed by atoms with Gasteiger partial charge in [0.2, 0.25) is 0 Å². The lowest BCUT2D eigenvalue weighted by molar-refractivity contribution is -0.133. The normalized spacial score (nSPS) is 12.6. The highest BCUT2D eigenvalue weighted by Gasteiger charge is 2.42. The van der Waals surface area contributed by atoms with Crippen molar-refractivity contribution in [2.24, 2.45) is 0 Å². The molecule has 0 aliphatic heterocycles. The van der Waals surface area contributed by atoms with E-state index in [1.165, 1.54) is 18.2 Å². The average Bonchev–Trinajstić information content (AvgIpc) is 2.36. The van der Waals surface area contributed by atoms with E-state index in [0.717, 1.165) is 0 Å². The predicted octanol–water partition coefficient (Wildman–Crippen LogP) is 3.58. The molecule has 104 valence electrons. The van der Waals surface area contributed by atoms with Crippen LogP contribution in [0.1, 0.15) is 0 Å². The molecule has 19 heavy (non-hydrogen) atoms. The zero-order valence-electron chi connectivity index (χ0n) is 9.81. The Morgan fingerprint density at radius 1 is 1.42 bits per heavy atom. The van der Waals surface area contributed by atoms with E-state index >= 15 is 0 Å². The van der Waals surface area contributed by atoms with Gasteiger partial charge < -0.3 is 10.1 Å². The molecule has 0 bridgehead atoms. The lowest BCUT2D eigenvalue weighted by Gasteiger charge is -2.20. The fourth-order valence-corrected chi connectivity index (χ4v) is 1.97. The third kappa shape index (κ3) is 5.69. The molecule has 1 atom stereocenters. The van der Waals surface area contributed by atoms with Crippen molar-refractivity contribution in [3.05, 3.63) is 43.0 Å². The summed E-state index contributed by atoms with van der Waals surface area (Å²) in [5.41, 5.74) is 0. The van der Waals surface area contributed by atoms with Crippen molar-refractivity contribution in [3.63, 3.8) is 0 Å². The maximum atomic E-state index is 12.8. The van der Waals surface area contributed by atoms with E-state index in [2.05, 4.69) is 11.3 Å². The fourth-order valence-electron chi connectivity index (χ4n) is 1.10. The second-order valence-corrected chi connectivity index (χ2v) is 4.56. The van der Waals surface area contributed by atoms with E-state index in [1.807, 2.05) is 0 Å². The molecule has 3 nitrogen and oxygen atoms in total.